The van der Waals surface area contributed by atoms with Crippen LogP contribution < -0.4 is 0 Å². The first kappa shape index (κ1) is 15.9. The number of rotatable bonds is 7. The molecule has 0 saturated heterocycles. The zero-order valence-electron chi connectivity index (χ0n) is 12.7. The molecule has 0 fully saturated rings. The summed E-state index contributed by atoms with van der Waals surface area (Å²) in [5.74, 6) is 0. The summed E-state index contributed by atoms with van der Waals surface area (Å²) in [4.78, 5) is 0. The average Bonchev–Trinajstić information content (AvgIpc) is 2.72. The molecular weight excluding hydrogens is 254 g/mol. The van der Waals surface area contributed by atoms with Gasteiger partial charge in [0.2, 0.25) is 0 Å². The van der Waals surface area contributed by atoms with Gasteiger partial charge < -0.3 is 4.74 Å². The number of hydrogen-bond donors (Lipinski definition) is 0. The quantitative estimate of drug-likeness (QED) is 0.568. The molecule has 4 nitrogen and oxygen atoms in total. The lowest BCUT2D eigenvalue weighted by atomic mass is 9.86. The molecule has 1 rings (SSSR count). The summed E-state index contributed by atoms with van der Waals surface area (Å²) in [7, 11) is -1.02. The van der Waals surface area contributed by atoms with E-state index in [-0.39, 0.29) is 5.41 Å². The van der Waals surface area contributed by atoms with Gasteiger partial charge in [0, 0.05) is 32.7 Å². The molecule has 0 aromatic carbocycles. The van der Waals surface area contributed by atoms with Crippen LogP contribution in [0.2, 0.25) is 25.7 Å². The number of ether oxygens (including phenoxy) is 1. The lowest BCUT2D eigenvalue weighted by Crippen LogP contribution is -2.22. The highest BCUT2D eigenvalue weighted by Crippen LogP contribution is 2.24. The van der Waals surface area contributed by atoms with Crippen LogP contribution in [0.4, 0.5) is 0 Å². The number of aromatic nitrogens is 2. The highest BCUT2D eigenvalue weighted by molar-refractivity contribution is 6.76. The van der Waals surface area contributed by atoms with Gasteiger partial charge in [-0.2, -0.15) is 10.4 Å². The van der Waals surface area contributed by atoms with Crippen molar-refractivity contribution in [2.75, 3.05) is 6.61 Å². The normalized spacial score (nSPS) is 12.4. The van der Waals surface area contributed by atoms with Crippen LogP contribution in [0.15, 0.2) is 12.3 Å². The third kappa shape index (κ3) is 5.58. The van der Waals surface area contributed by atoms with Gasteiger partial charge in [-0.15, -0.1) is 0 Å². The first-order valence-electron chi connectivity index (χ1n) is 6.73. The van der Waals surface area contributed by atoms with E-state index in [4.69, 9.17) is 10.00 Å². The van der Waals surface area contributed by atoms with E-state index in [9.17, 15) is 0 Å². The summed E-state index contributed by atoms with van der Waals surface area (Å²) in [5, 5.41) is 13.3. The monoisotopic (exact) mass is 279 g/mol. The van der Waals surface area contributed by atoms with Gasteiger partial charge >= 0.3 is 0 Å². The Morgan fingerprint density at radius 1 is 1.42 bits per heavy atom. The van der Waals surface area contributed by atoms with Gasteiger partial charge in [0.05, 0.1) is 11.8 Å². The molecule has 0 saturated carbocycles. The Morgan fingerprint density at radius 2 is 2.11 bits per heavy atom. The molecule has 0 spiro atoms. The van der Waals surface area contributed by atoms with E-state index in [1.165, 1.54) is 6.04 Å². The Kier molecular flexibility index (Phi) is 5.33. The van der Waals surface area contributed by atoms with Gasteiger partial charge in [-0.05, 0) is 12.1 Å². The standard InChI is InChI=1S/C14H25N3OSi/c1-14(2,7-8-15)13-6-9-17(16-13)12-18-10-11-19(3,4)5/h6,9H,7,10-12H2,1-5H3. The van der Waals surface area contributed by atoms with Crippen LogP contribution in [0.1, 0.15) is 26.0 Å². The van der Waals surface area contributed by atoms with E-state index < -0.39 is 8.07 Å². The molecular formula is C14H25N3OSi. The molecule has 0 N–H and O–H groups in total. The molecule has 0 atom stereocenters. The van der Waals surface area contributed by atoms with Crippen molar-refractivity contribution < 1.29 is 4.74 Å². The maximum atomic E-state index is 8.81. The Balaban J connectivity index is 2.46. The van der Waals surface area contributed by atoms with Crippen LogP contribution in [0.5, 0.6) is 0 Å². The summed E-state index contributed by atoms with van der Waals surface area (Å²) in [6, 6.07) is 5.35. The minimum absolute atomic E-state index is 0.196. The number of hydrogen-bond acceptors (Lipinski definition) is 3. The molecule has 1 aromatic heterocycles. The fourth-order valence-corrected chi connectivity index (χ4v) is 2.38. The summed E-state index contributed by atoms with van der Waals surface area (Å²) in [5.41, 5.74) is 0.751. The molecule has 5 heteroatoms. The third-order valence-corrected chi connectivity index (χ3v) is 4.78. The van der Waals surface area contributed by atoms with Crippen molar-refractivity contribution in [3.05, 3.63) is 18.0 Å². The van der Waals surface area contributed by atoms with Gasteiger partial charge in [0.1, 0.15) is 6.73 Å². The van der Waals surface area contributed by atoms with Gasteiger partial charge in [-0.1, -0.05) is 33.5 Å². The lowest BCUT2D eigenvalue weighted by molar-refractivity contribution is 0.0780. The predicted molar refractivity (Wildman–Crippen MR) is 79.6 cm³/mol. The Labute approximate surface area is 117 Å². The highest BCUT2D eigenvalue weighted by Gasteiger charge is 2.23. The molecule has 1 heterocycles. The second kappa shape index (κ2) is 6.35. The maximum absolute atomic E-state index is 8.81. The Bertz CT molecular complexity index is 440. The fourth-order valence-electron chi connectivity index (χ4n) is 1.62. The topological polar surface area (TPSA) is 50.8 Å². The summed E-state index contributed by atoms with van der Waals surface area (Å²) in [6.45, 7) is 12.4. The number of nitrogens with zero attached hydrogens (tertiary/aromatic N) is 3. The van der Waals surface area contributed by atoms with Crippen LogP contribution in [-0.2, 0) is 16.9 Å². The minimum atomic E-state index is -1.02. The molecule has 0 radical (unpaired) electrons. The largest absolute Gasteiger partial charge is 0.360 e. The van der Waals surface area contributed by atoms with E-state index in [2.05, 4.69) is 30.8 Å². The smallest absolute Gasteiger partial charge is 0.139 e. The van der Waals surface area contributed by atoms with E-state index in [1.807, 2.05) is 26.1 Å². The first-order chi connectivity index (χ1) is 8.74. The van der Waals surface area contributed by atoms with Crippen molar-refractivity contribution in [2.24, 2.45) is 0 Å². The van der Waals surface area contributed by atoms with Crippen LogP contribution in [-0.4, -0.2) is 24.5 Å². The second-order valence-electron chi connectivity index (χ2n) is 6.81. The van der Waals surface area contributed by atoms with E-state index in [0.717, 1.165) is 12.3 Å². The molecule has 19 heavy (non-hydrogen) atoms. The molecule has 1 aromatic rings. The van der Waals surface area contributed by atoms with E-state index >= 15 is 0 Å². The summed E-state index contributed by atoms with van der Waals surface area (Å²) >= 11 is 0. The van der Waals surface area contributed by atoms with Gasteiger partial charge in [-0.3, -0.25) is 0 Å². The SMILES string of the molecule is CC(C)(CC#N)c1ccn(COCC[Si](C)(C)C)n1. The van der Waals surface area contributed by atoms with Gasteiger partial charge in [0.25, 0.3) is 0 Å². The minimum Gasteiger partial charge on any atom is -0.360 e. The van der Waals surface area contributed by atoms with Crippen molar-refractivity contribution >= 4 is 8.07 Å². The van der Waals surface area contributed by atoms with Crippen molar-refractivity contribution in [3.63, 3.8) is 0 Å². The molecule has 0 amide bonds. The number of nitriles is 1. The molecule has 0 aliphatic rings. The Morgan fingerprint density at radius 3 is 2.68 bits per heavy atom. The van der Waals surface area contributed by atoms with E-state index in [1.54, 1.807) is 4.68 Å². The van der Waals surface area contributed by atoms with Gasteiger partial charge in [0.15, 0.2) is 0 Å². The van der Waals surface area contributed by atoms with Crippen molar-refractivity contribution in [3.8, 4) is 6.07 Å². The average molecular weight is 279 g/mol. The zero-order valence-corrected chi connectivity index (χ0v) is 13.7. The fraction of sp³-hybridized carbons (Fsp3) is 0.714. The van der Waals surface area contributed by atoms with E-state index in [0.29, 0.717) is 13.2 Å². The lowest BCUT2D eigenvalue weighted by Gasteiger charge is -2.18. The van der Waals surface area contributed by atoms with Crippen molar-refractivity contribution in [1.29, 1.82) is 5.26 Å². The third-order valence-electron chi connectivity index (χ3n) is 3.08. The zero-order chi connectivity index (χ0) is 14.5. The maximum Gasteiger partial charge on any atom is 0.139 e. The predicted octanol–water partition coefficient (Wildman–Crippen LogP) is 3.39. The molecule has 0 unspecified atom stereocenters. The molecule has 106 valence electrons. The van der Waals surface area contributed by atoms with Crippen LogP contribution in [0.3, 0.4) is 0 Å². The van der Waals surface area contributed by atoms with Gasteiger partial charge in [-0.25, -0.2) is 4.68 Å². The van der Waals surface area contributed by atoms with Crippen LogP contribution >= 0.6 is 0 Å². The molecule has 0 bridgehead atoms. The first-order valence-corrected chi connectivity index (χ1v) is 10.4. The second-order valence-corrected chi connectivity index (χ2v) is 12.4. The molecule has 0 aliphatic carbocycles. The van der Waals surface area contributed by atoms with Crippen molar-refractivity contribution in [2.45, 2.75) is 58.1 Å². The Hall–Kier alpha value is -1.12. The van der Waals surface area contributed by atoms with Crippen molar-refractivity contribution in [1.82, 2.24) is 9.78 Å². The summed E-state index contributed by atoms with van der Waals surface area (Å²) in [6.07, 6.45) is 2.39. The van der Waals surface area contributed by atoms with Crippen LogP contribution in [0.25, 0.3) is 0 Å². The summed E-state index contributed by atoms with van der Waals surface area (Å²) < 4.78 is 7.46. The van der Waals surface area contributed by atoms with Crippen LogP contribution in [0, 0.1) is 11.3 Å². The molecule has 0 aliphatic heterocycles. The highest BCUT2D eigenvalue weighted by atomic mass is 28.3.